The van der Waals surface area contributed by atoms with Crippen LogP contribution in [0.3, 0.4) is 0 Å². The van der Waals surface area contributed by atoms with Crippen LogP contribution in [-0.4, -0.2) is 18.9 Å². The van der Waals surface area contributed by atoms with Crippen molar-refractivity contribution in [3.63, 3.8) is 0 Å². The smallest absolute Gasteiger partial charge is 0.204 e. The summed E-state index contributed by atoms with van der Waals surface area (Å²) in [4.78, 5) is 0. The molecule has 0 spiro atoms. The lowest BCUT2D eigenvalue weighted by atomic mass is 9.70. The van der Waals surface area contributed by atoms with Crippen LogP contribution < -0.4 is 0 Å². The molecule has 0 radical (unpaired) electrons. The highest BCUT2D eigenvalue weighted by Crippen LogP contribution is 2.64. The molecule has 2 rings (SSSR count). The summed E-state index contributed by atoms with van der Waals surface area (Å²) >= 11 is 0. The maximum atomic E-state index is 12.3. The fraction of sp³-hybridized carbons (Fsp3) is 0.929. The molecule has 104 valence electrons. The van der Waals surface area contributed by atoms with Crippen molar-refractivity contribution >= 4 is 15.7 Å². The zero-order valence-electron chi connectivity index (χ0n) is 12.4. The van der Waals surface area contributed by atoms with Gasteiger partial charge in [0.05, 0.1) is 4.75 Å². The quantitative estimate of drug-likeness (QED) is 0.733. The first-order chi connectivity index (χ1) is 7.92. The second kappa shape index (κ2) is 3.59. The SMILES string of the molecule is CC12CCC(C/C1=N\S(=O)(=O)C(C)(C)C)C2(C)C. The summed E-state index contributed by atoms with van der Waals surface area (Å²) in [7, 11) is -3.40. The molecular formula is C14H25NO2S. The number of nitrogens with zero attached hydrogens (tertiary/aromatic N) is 1. The number of rotatable bonds is 1. The van der Waals surface area contributed by atoms with E-state index in [-0.39, 0.29) is 10.8 Å². The molecule has 0 aromatic carbocycles. The van der Waals surface area contributed by atoms with Gasteiger partial charge in [0, 0.05) is 11.1 Å². The zero-order valence-corrected chi connectivity index (χ0v) is 13.2. The van der Waals surface area contributed by atoms with Crippen LogP contribution in [0.4, 0.5) is 0 Å². The molecule has 0 aromatic rings. The lowest BCUT2D eigenvalue weighted by Gasteiger charge is -2.34. The molecule has 2 aliphatic rings. The Kier molecular flexibility index (Phi) is 2.80. The normalized spacial score (nSPS) is 37.4. The molecule has 2 atom stereocenters. The van der Waals surface area contributed by atoms with Crippen LogP contribution in [0.2, 0.25) is 0 Å². The van der Waals surface area contributed by atoms with Crippen LogP contribution in [0.1, 0.15) is 60.8 Å². The highest BCUT2D eigenvalue weighted by Gasteiger charge is 2.60. The van der Waals surface area contributed by atoms with Crippen molar-refractivity contribution in [2.75, 3.05) is 0 Å². The van der Waals surface area contributed by atoms with Gasteiger partial charge in [0.1, 0.15) is 0 Å². The average Bonchev–Trinajstić information content (AvgIpc) is 2.48. The Bertz CT molecular complexity index is 496. The van der Waals surface area contributed by atoms with E-state index in [1.165, 1.54) is 6.42 Å². The highest BCUT2D eigenvalue weighted by molar-refractivity contribution is 7.91. The predicted molar refractivity (Wildman–Crippen MR) is 75.3 cm³/mol. The van der Waals surface area contributed by atoms with Crippen molar-refractivity contribution in [1.82, 2.24) is 0 Å². The van der Waals surface area contributed by atoms with E-state index in [0.717, 1.165) is 18.6 Å². The van der Waals surface area contributed by atoms with Crippen LogP contribution in [0, 0.1) is 16.7 Å². The third-order valence-electron chi connectivity index (χ3n) is 5.52. The van der Waals surface area contributed by atoms with Crippen LogP contribution >= 0.6 is 0 Å². The predicted octanol–water partition coefficient (Wildman–Crippen LogP) is 3.40. The van der Waals surface area contributed by atoms with E-state index in [2.05, 4.69) is 25.2 Å². The van der Waals surface area contributed by atoms with E-state index in [4.69, 9.17) is 0 Å². The van der Waals surface area contributed by atoms with E-state index < -0.39 is 14.8 Å². The first-order valence-corrected chi connectivity index (χ1v) is 8.20. The van der Waals surface area contributed by atoms with Crippen molar-refractivity contribution in [2.24, 2.45) is 21.1 Å². The Morgan fingerprint density at radius 2 is 1.78 bits per heavy atom. The molecule has 2 fully saturated rings. The lowest BCUT2D eigenvalue weighted by molar-refractivity contribution is 0.194. The molecule has 2 saturated carbocycles. The van der Waals surface area contributed by atoms with Gasteiger partial charge >= 0.3 is 0 Å². The first-order valence-electron chi connectivity index (χ1n) is 6.76. The molecule has 0 aliphatic heterocycles. The summed E-state index contributed by atoms with van der Waals surface area (Å²) in [6.45, 7) is 11.9. The van der Waals surface area contributed by atoms with Gasteiger partial charge in [-0.1, -0.05) is 20.8 Å². The minimum atomic E-state index is -3.40. The topological polar surface area (TPSA) is 46.5 Å². The molecule has 2 unspecified atom stereocenters. The van der Waals surface area contributed by atoms with Crippen LogP contribution in [0.25, 0.3) is 0 Å². The standard InChI is InChI=1S/C14H25NO2S/c1-12(2,3)18(16,17)15-11-9-10-7-8-14(11,6)13(10,4)5/h10H,7-9H2,1-6H3/b15-11+. The van der Waals surface area contributed by atoms with E-state index in [1.54, 1.807) is 20.8 Å². The van der Waals surface area contributed by atoms with E-state index >= 15 is 0 Å². The van der Waals surface area contributed by atoms with Gasteiger partial charge < -0.3 is 0 Å². The molecule has 2 aliphatic carbocycles. The minimum Gasteiger partial charge on any atom is -0.204 e. The summed E-state index contributed by atoms with van der Waals surface area (Å²) in [6.07, 6.45) is 3.14. The molecule has 18 heavy (non-hydrogen) atoms. The Morgan fingerprint density at radius 3 is 2.11 bits per heavy atom. The summed E-state index contributed by atoms with van der Waals surface area (Å²) in [6, 6.07) is 0. The Hall–Kier alpha value is -0.380. The Balaban J connectivity index is 2.45. The van der Waals surface area contributed by atoms with Gasteiger partial charge in [-0.2, -0.15) is 4.40 Å². The summed E-state index contributed by atoms with van der Waals surface area (Å²) < 4.78 is 27.9. The Labute approximate surface area is 111 Å². The monoisotopic (exact) mass is 271 g/mol. The van der Waals surface area contributed by atoms with Crippen molar-refractivity contribution in [3.8, 4) is 0 Å². The summed E-state index contributed by atoms with van der Waals surface area (Å²) in [5.41, 5.74) is 1.06. The van der Waals surface area contributed by atoms with E-state index in [1.807, 2.05) is 0 Å². The van der Waals surface area contributed by atoms with Crippen molar-refractivity contribution < 1.29 is 8.42 Å². The third kappa shape index (κ3) is 1.68. The van der Waals surface area contributed by atoms with Crippen LogP contribution in [-0.2, 0) is 10.0 Å². The minimum absolute atomic E-state index is 0.0318. The number of sulfonamides is 1. The fourth-order valence-corrected chi connectivity index (χ4v) is 4.19. The highest BCUT2D eigenvalue weighted by atomic mass is 32.2. The average molecular weight is 271 g/mol. The van der Waals surface area contributed by atoms with E-state index in [9.17, 15) is 8.42 Å². The number of hydrogen-bond acceptors (Lipinski definition) is 2. The summed E-state index contributed by atoms with van der Waals surface area (Å²) in [5, 5.41) is 0. The van der Waals surface area contributed by atoms with Crippen molar-refractivity contribution in [3.05, 3.63) is 0 Å². The maximum absolute atomic E-state index is 12.3. The largest absolute Gasteiger partial charge is 0.257 e. The molecular weight excluding hydrogens is 246 g/mol. The molecule has 0 aromatic heterocycles. The number of hydrogen-bond donors (Lipinski definition) is 0. The molecule has 4 heteroatoms. The first kappa shape index (κ1) is 14.0. The Morgan fingerprint density at radius 1 is 1.22 bits per heavy atom. The van der Waals surface area contributed by atoms with Gasteiger partial charge in [0.2, 0.25) is 0 Å². The van der Waals surface area contributed by atoms with Gasteiger partial charge in [-0.25, -0.2) is 8.42 Å². The summed E-state index contributed by atoms with van der Waals surface area (Å²) in [5.74, 6) is 0.594. The van der Waals surface area contributed by atoms with Crippen LogP contribution in [0.5, 0.6) is 0 Å². The van der Waals surface area contributed by atoms with Gasteiger partial charge in [0.25, 0.3) is 10.0 Å². The van der Waals surface area contributed by atoms with Crippen LogP contribution in [0.15, 0.2) is 4.40 Å². The maximum Gasteiger partial charge on any atom is 0.257 e. The van der Waals surface area contributed by atoms with Gasteiger partial charge in [-0.15, -0.1) is 0 Å². The molecule has 2 bridgehead atoms. The second-order valence-corrected chi connectivity index (χ2v) is 9.98. The molecule has 0 heterocycles. The fourth-order valence-electron chi connectivity index (χ4n) is 3.35. The van der Waals surface area contributed by atoms with Gasteiger partial charge in [-0.3, -0.25) is 0 Å². The number of fused-ring (bicyclic) bond motifs is 2. The van der Waals surface area contributed by atoms with Crippen molar-refractivity contribution in [2.45, 2.75) is 65.6 Å². The van der Waals surface area contributed by atoms with E-state index in [0.29, 0.717) is 5.92 Å². The second-order valence-electron chi connectivity index (χ2n) is 7.62. The van der Waals surface area contributed by atoms with Gasteiger partial charge in [0.15, 0.2) is 0 Å². The molecule has 3 nitrogen and oxygen atoms in total. The molecule has 0 amide bonds. The van der Waals surface area contributed by atoms with Gasteiger partial charge in [-0.05, 0) is 51.4 Å². The van der Waals surface area contributed by atoms with Crippen molar-refractivity contribution in [1.29, 1.82) is 0 Å². The third-order valence-corrected chi connectivity index (χ3v) is 7.52. The molecule has 0 N–H and O–H groups in total. The lowest BCUT2D eigenvalue weighted by Crippen LogP contribution is -2.34. The zero-order chi connectivity index (χ0) is 14.0. The molecule has 0 saturated heterocycles.